The van der Waals surface area contributed by atoms with E-state index in [9.17, 15) is 0 Å². The first-order valence-corrected chi connectivity index (χ1v) is 6.13. The zero-order chi connectivity index (χ0) is 12.3. The highest BCUT2D eigenvalue weighted by Gasteiger charge is 2.07. The van der Waals surface area contributed by atoms with Crippen molar-refractivity contribution in [2.75, 3.05) is 0 Å². The highest BCUT2D eigenvalue weighted by molar-refractivity contribution is 5.84. The van der Waals surface area contributed by atoms with Crippen molar-refractivity contribution in [1.29, 1.82) is 0 Å². The molecule has 0 saturated heterocycles. The summed E-state index contributed by atoms with van der Waals surface area (Å²) in [6.45, 7) is 9.93. The van der Waals surface area contributed by atoms with Crippen molar-refractivity contribution in [1.82, 2.24) is 9.88 Å². The average Bonchev–Trinajstić information content (AvgIpc) is 2.66. The predicted octanol–water partition coefficient (Wildman–Crippen LogP) is 3.33. The number of nitrogens with zero attached hydrogens (tertiary/aromatic N) is 1. The van der Waals surface area contributed by atoms with E-state index in [2.05, 4.69) is 60.8 Å². The monoisotopic (exact) mass is 228 g/mol. The molecule has 17 heavy (non-hydrogen) atoms. The summed E-state index contributed by atoms with van der Waals surface area (Å²) in [5.74, 6) is 0. The lowest BCUT2D eigenvalue weighted by Gasteiger charge is -2.06. The molecular weight excluding hydrogens is 208 g/mol. The lowest BCUT2D eigenvalue weighted by Crippen LogP contribution is -2.21. The van der Waals surface area contributed by atoms with Crippen LogP contribution < -0.4 is 5.32 Å². The second kappa shape index (κ2) is 5.19. The van der Waals surface area contributed by atoms with Gasteiger partial charge in [-0.2, -0.15) is 0 Å². The van der Waals surface area contributed by atoms with E-state index in [-0.39, 0.29) is 0 Å². The smallest absolute Gasteiger partial charge is 0.0486 e. The molecule has 90 valence electrons. The molecule has 2 nitrogen and oxygen atoms in total. The number of para-hydroxylation sites is 1. The molecule has 1 heterocycles. The van der Waals surface area contributed by atoms with Gasteiger partial charge in [0.05, 0.1) is 0 Å². The molecule has 0 radical (unpaired) electrons. The molecule has 0 amide bonds. The van der Waals surface area contributed by atoms with Crippen LogP contribution in [0.25, 0.3) is 10.9 Å². The molecule has 0 saturated carbocycles. The van der Waals surface area contributed by atoms with Crippen LogP contribution in [0.3, 0.4) is 0 Å². The maximum atomic E-state index is 3.81. The molecule has 0 aliphatic rings. The van der Waals surface area contributed by atoms with Crippen molar-refractivity contribution < 1.29 is 0 Å². The van der Waals surface area contributed by atoms with Crippen LogP contribution in [0.15, 0.2) is 43.1 Å². The summed E-state index contributed by atoms with van der Waals surface area (Å²) in [4.78, 5) is 0. The Hall–Kier alpha value is -1.54. The second-order valence-electron chi connectivity index (χ2n) is 4.65. The van der Waals surface area contributed by atoms with Crippen molar-refractivity contribution in [2.24, 2.45) is 0 Å². The lowest BCUT2D eigenvalue weighted by molar-refractivity contribution is 0.589. The number of benzene rings is 1. The van der Waals surface area contributed by atoms with Crippen LogP contribution in [-0.2, 0) is 13.1 Å². The molecule has 0 aliphatic heterocycles. The fourth-order valence-electron chi connectivity index (χ4n) is 2.07. The van der Waals surface area contributed by atoms with Gasteiger partial charge in [0.2, 0.25) is 0 Å². The first kappa shape index (κ1) is 11.9. The van der Waals surface area contributed by atoms with Gasteiger partial charge in [0, 0.05) is 36.2 Å². The fraction of sp³-hybridized carbons (Fsp3) is 0.333. The van der Waals surface area contributed by atoms with Crippen molar-refractivity contribution in [3.05, 3.63) is 48.7 Å². The van der Waals surface area contributed by atoms with E-state index in [4.69, 9.17) is 0 Å². The Bertz CT molecular complexity index is 509. The lowest BCUT2D eigenvalue weighted by atomic mass is 10.2. The molecule has 0 bridgehead atoms. The SMILES string of the molecule is C=CCn1cc(CNC(C)C)c2ccccc21. The summed E-state index contributed by atoms with van der Waals surface area (Å²) in [5, 5.41) is 4.81. The first-order chi connectivity index (χ1) is 8.22. The van der Waals surface area contributed by atoms with E-state index in [0.717, 1.165) is 13.1 Å². The van der Waals surface area contributed by atoms with Gasteiger partial charge >= 0.3 is 0 Å². The number of fused-ring (bicyclic) bond motifs is 1. The first-order valence-electron chi connectivity index (χ1n) is 6.13. The van der Waals surface area contributed by atoms with Crippen LogP contribution in [0, 0.1) is 0 Å². The van der Waals surface area contributed by atoms with E-state index in [1.807, 2.05) is 6.08 Å². The Kier molecular flexibility index (Phi) is 3.64. The molecule has 1 aromatic heterocycles. The number of allylic oxidation sites excluding steroid dienone is 1. The van der Waals surface area contributed by atoms with Gasteiger partial charge in [0.25, 0.3) is 0 Å². The van der Waals surface area contributed by atoms with E-state index in [1.165, 1.54) is 16.5 Å². The van der Waals surface area contributed by atoms with E-state index < -0.39 is 0 Å². The Balaban J connectivity index is 2.37. The van der Waals surface area contributed by atoms with Crippen molar-refractivity contribution >= 4 is 10.9 Å². The van der Waals surface area contributed by atoms with Gasteiger partial charge in [-0.25, -0.2) is 0 Å². The molecule has 0 aliphatic carbocycles. The molecular formula is C15H20N2. The van der Waals surface area contributed by atoms with Crippen molar-refractivity contribution in [3.63, 3.8) is 0 Å². The van der Waals surface area contributed by atoms with Crippen LogP contribution in [-0.4, -0.2) is 10.6 Å². The van der Waals surface area contributed by atoms with Crippen LogP contribution in [0.4, 0.5) is 0 Å². The molecule has 0 atom stereocenters. The summed E-state index contributed by atoms with van der Waals surface area (Å²) >= 11 is 0. The molecule has 0 spiro atoms. The van der Waals surface area contributed by atoms with E-state index in [1.54, 1.807) is 0 Å². The quantitative estimate of drug-likeness (QED) is 0.777. The molecule has 1 N–H and O–H groups in total. The summed E-state index contributed by atoms with van der Waals surface area (Å²) in [6, 6.07) is 9.04. The predicted molar refractivity (Wildman–Crippen MR) is 74.1 cm³/mol. The summed E-state index contributed by atoms with van der Waals surface area (Å²) in [5.41, 5.74) is 2.64. The van der Waals surface area contributed by atoms with Crippen LogP contribution in [0.2, 0.25) is 0 Å². The standard InChI is InChI=1S/C15H20N2/c1-4-9-17-11-13(10-16-12(2)3)14-7-5-6-8-15(14)17/h4-8,11-12,16H,1,9-10H2,2-3H3. The number of nitrogens with one attached hydrogen (secondary N) is 1. The number of hydrogen-bond acceptors (Lipinski definition) is 1. The summed E-state index contributed by atoms with van der Waals surface area (Å²) in [6.07, 6.45) is 4.16. The van der Waals surface area contributed by atoms with E-state index in [0.29, 0.717) is 6.04 Å². The van der Waals surface area contributed by atoms with Crippen LogP contribution in [0.5, 0.6) is 0 Å². The number of rotatable bonds is 5. The van der Waals surface area contributed by atoms with Gasteiger partial charge in [-0.15, -0.1) is 6.58 Å². The highest BCUT2D eigenvalue weighted by atomic mass is 15.0. The number of hydrogen-bond donors (Lipinski definition) is 1. The third-order valence-electron chi connectivity index (χ3n) is 2.90. The molecule has 2 rings (SSSR count). The Morgan fingerprint density at radius 1 is 1.35 bits per heavy atom. The Morgan fingerprint density at radius 2 is 2.12 bits per heavy atom. The fourth-order valence-corrected chi connectivity index (χ4v) is 2.07. The average molecular weight is 228 g/mol. The molecule has 2 heteroatoms. The number of aromatic nitrogens is 1. The maximum Gasteiger partial charge on any atom is 0.0486 e. The van der Waals surface area contributed by atoms with Gasteiger partial charge in [0.15, 0.2) is 0 Å². The molecule has 0 unspecified atom stereocenters. The molecule has 0 fully saturated rings. The maximum absolute atomic E-state index is 3.81. The van der Waals surface area contributed by atoms with Gasteiger partial charge in [-0.3, -0.25) is 0 Å². The molecule has 2 aromatic rings. The summed E-state index contributed by atoms with van der Waals surface area (Å²) < 4.78 is 2.25. The van der Waals surface area contributed by atoms with Gasteiger partial charge in [-0.1, -0.05) is 38.1 Å². The second-order valence-corrected chi connectivity index (χ2v) is 4.65. The minimum absolute atomic E-state index is 0.511. The van der Waals surface area contributed by atoms with Crippen molar-refractivity contribution in [3.8, 4) is 0 Å². The molecule has 1 aromatic carbocycles. The third kappa shape index (κ3) is 2.59. The largest absolute Gasteiger partial charge is 0.343 e. The third-order valence-corrected chi connectivity index (χ3v) is 2.90. The minimum Gasteiger partial charge on any atom is -0.343 e. The Labute approximate surface area is 103 Å². The van der Waals surface area contributed by atoms with Gasteiger partial charge < -0.3 is 9.88 Å². The Morgan fingerprint density at radius 3 is 2.82 bits per heavy atom. The van der Waals surface area contributed by atoms with Gasteiger partial charge in [-0.05, 0) is 11.6 Å². The highest BCUT2D eigenvalue weighted by Crippen LogP contribution is 2.21. The normalized spacial score (nSPS) is 11.2. The van der Waals surface area contributed by atoms with E-state index >= 15 is 0 Å². The zero-order valence-corrected chi connectivity index (χ0v) is 10.6. The van der Waals surface area contributed by atoms with Gasteiger partial charge in [0.1, 0.15) is 0 Å². The van der Waals surface area contributed by atoms with Crippen LogP contribution in [0.1, 0.15) is 19.4 Å². The van der Waals surface area contributed by atoms with Crippen LogP contribution >= 0.6 is 0 Å². The topological polar surface area (TPSA) is 17.0 Å². The zero-order valence-electron chi connectivity index (χ0n) is 10.6. The van der Waals surface area contributed by atoms with Crippen molar-refractivity contribution in [2.45, 2.75) is 33.0 Å². The minimum atomic E-state index is 0.511. The summed E-state index contributed by atoms with van der Waals surface area (Å²) in [7, 11) is 0.